The fourth-order valence-electron chi connectivity index (χ4n) is 1.60. The summed E-state index contributed by atoms with van der Waals surface area (Å²) in [6, 6.07) is 4.75. The van der Waals surface area contributed by atoms with Crippen LogP contribution in [-0.2, 0) is 11.3 Å². The lowest BCUT2D eigenvalue weighted by molar-refractivity contribution is -0.00868. The number of halogens is 1. The minimum Gasteiger partial charge on any atom is -0.389 e. The Labute approximate surface area is 99.6 Å². The van der Waals surface area contributed by atoms with E-state index in [4.69, 9.17) is 22.7 Å². The lowest BCUT2D eigenvalue weighted by Crippen LogP contribution is -2.21. The zero-order valence-corrected chi connectivity index (χ0v) is 9.73. The van der Waals surface area contributed by atoms with E-state index in [-0.39, 0.29) is 10.8 Å². The Morgan fingerprint density at radius 2 is 2.25 bits per heavy atom. The highest BCUT2D eigenvalue weighted by atomic mass is 32.1. The normalized spacial score (nSPS) is 15.8. The van der Waals surface area contributed by atoms with Crippen LogP contribution in [0, 0.1) is 5.82 Å². The molecule has 1 saturated carbocycles. The highest BCUT2D eigenvalue weighted by Crippen LogP contribution is 2.23. The van der Waals surface area contributed by atoms with Crippen LogP contribution in [0.25, 0.3) is 0 Å². The smallest absolute Gasteiger partial charge is 0.133 e. The Kier molecular flexibility index (Phi) is 3.51. The average Bonchev–Trinajstić information content (AvgIpc) is 2.17. The zero-order valence-electron chi connectivity index (χ0n) is 8.91. The van der Waals surface area contributed by atoms with Crippen molar-refractivity contribution in [3.05, 3.63) is 35.1 Å². The molecule has 0 bridgehead atoms. The first-order chi connectivity index (χ1) is 7.66. The van der Waals surface area contributed by atoms with Crippen LogP contribution in [-0.4, -0.2) is 11.1 Å². The van der Waals surface area contributed by atoms with Crippen molar-refractivity contribution in [1.82, 2.24) is 0 Å². The lowest BCUT2D eigenvalue weighted by Gasteiger charge is -2.25. The van der Waals surface area contributed by atoms with Crippen molar-refractivity contribution in [2.45, 2.75) is 32.0 Å². The van der Waals surface area contributed by atoms with Crippen molar-refractivity contribution in [1.29, 1.82) is 0 Å². The Hall–Kier alpha value is -1.00. The predicted molar refractivity (Wildman–Crippen MR) is 64.7 cm³/mol. The van der Waals surface area contributed by atoms with Crippen molar-refractivity contribution in [2.24, 2.45) is 5.73 Å². The molecular weight excluding hydrogens is 225 g/mol. The third-order valence-corrected chi connectivity index (χ3v) is 3.05. The standard InChI is InChI=1S/C12H14FNOS/c13-11-5-4-8(6-10(11)12(14)16)7-15-9-2-1-3-9/h4-6,9H,1-3,7H2,(H2,14,16). The molecule has 1 aliphatic rings. The van der Waals surface area contributed by atoms with E-state index in [0.29, 0.717) is 18.3 Å². The number of rotatable bonds is 4. The van der Waals surface area contributed by atoms with Gasteiger partial charge in [-0.2, -0.15) is 0 Å². The van der Waals surface area contributed by atoms with Gasteiger partial charge in [-0.25, -0.2) is 4.39 Å². The van der Waals surface area contributed by atoms with Crippen LogP contribution in [0.15, 0.2) is 18.2 Å². The molecule has 1 aromatic carbocycles. The van der Waals surface area contributed by atoms with Crippen molar-refractivity contribution in [2.75, 3.05) is 0 Å². The maximum atomic E-state index is 13.3. The Morgan fingerprint density at radius 1 is 1.50 bits per heavy atom. The summed E-state index contributed by atoms with van der Waals surface area (Å²) in [5.74, 6) is -0.375. The number of ether oxygens (including phenoxy) is 1. The summed E-state index contributed by atoms with van der Waals surface area (Å²) < 4.78 is 18.9. The van der Waals surface area contributed by atoms with Gasteiger partial charge < -0.3 is 10.5 Å². The Morgan fingerprint density at radius 3 is 2.81 bits per heavy atom. The third kappa shape index (κ3) is 2.57. The molecule has 86 valence electrons. The van der Waals surface area contributed by atoms with Crippen LogP contribution in [0.3, 0.4) is 0 Å². The second-order valence-corrected chi connectivity index (χ2v) is 4.48. The van der Waals surface area contributed by atoms with Crippen LogP contribution in [0.5, 0.6) is 0 Å². The molecule has 2 rings (SSSR count). The summed E-state index contributed by atoms with van der Waals surface area (Å²) in [6.45, 7) is 0.501. The monoisotopic (exact) mass is 239 g/mol. The molecule has 0 aromatic heterocycles. The number of thiocarbonyl (C=S) groups is 1. The molecular formula is C12H14FNOS. The summed E-state index contributed by atoms with van der Waals surface area (Å²) in [5.41, 5.74) is 6.64. The molecule has 16 heavy (non-hydrogen) atoms. The van der Waals surface area contributed by atoms with Gasteiger partial charge in [-0.15, -0.1) is 0 Å². The molecule has 1 fully saturated rings. The molecule has 0 spiro atoms. The fraction of sp³-hybridized carbons (Fsp3) is 0.417. The molecule has 1 aromatic rings. The Balaban J connectivity index is 2.03. The van der Waals surface area contributed by atoms with Crippen LogP contribution >= 0.6 is 12.2 Å². The quantitative estimate of drug-likeness (QED) is 0.820. The van der Waals surface area contributed by atoms with Gasteiger partial charge in [-0.1, -0.05) is 18.3 Å². The van der Waals surface area contributed by atoms with E-state index in [2.05, 4.69) is 0 Å². The van der Waals surface area contributed by atoms with Gasteiger partial charge >= 0.3 is 0 Å². The molecule has 2 nitrogen and oxygen atoms in total. The molecule has 0 amide bonds. The van der Waals surface area contributed by atoms with E-state index < -0.39 is 0 Å². The zero-order chi connectivity index (χ0) is 11.5. The predicted octanol–water partition coefficient (Wildman–Crippen LogP) is 2.53. The minimum atomic E-state index is -0.375. The van der Waals surface area contributed by atoms with Crippen LogP contribution in [0.1, 0.15) is 30.4 Å². The first kappa shape index (κ1) is 11.5. The van der Waals surface area contributed by atoms with Gasteiger partial charge in [0.25, 0.3) is 0 Å². The Bertz CT molecular complexity index is 404. The van der Waals surface area contributed by atoms with Gasteiger partial charge in [-0.3, -0.25) is 0 Å². The first-order valence-corrected chi connectivity index (χ1v) is 5.77. The summed E-state index contributed by atoms with van der Waals surface area (Å²) in [7, 11) is 0. The molecule has 2 N–H and O–H groups in total. The number of benzene rings is 1. The van der Waals surface area contributed by atoms with Crippen LogP contribution < -0.4 is 5.73 Å². The molecule has 0 atom stereocenters. The van der Waals surface area contributed by atoms with Gasteiger partial charge in [0, 0.05) is 5.56 Å². The van der Waals surface area contributed by atoms with Gasteiger partial charge in [0.15, 0.2) is 0 Å². The van der Waals surface area contributed by atoms with E-state index in [1.807, 2.05) is 0 Å². The minimum absolute atomic E-state index is 0.0861. The largest absolute Gasteiger partial charge is 0.389 e. The van der Waals surface area contributed by atoms with Gasteiger partial charge in [-0.05, 0) is 37.0 Å². The maximum Gasteiger partial charge on any atom is 0.133 e. The molecule has 0 heterocycles. The van der Waals surface area contributed by atoms with Gasteiger partial charge in [0.2, 0.25) is 0 Å². The van der Waals surface area contributed by atoms with E-state index >= 15 is 0 Å². The maximum absolute atomic E-state index is 13.3. The highest BCUT2D eigenvalue weighted by molar-refractivity contribution is 7.80. The number of nitrogens with two attached hydrogens (primary N) is 1. The van der Waals surface area contributed by atoms with E-state index in [0.717, 1.165) is 18.4 Å². The third-order valence-electron chi connectivity index (χ3n) is 2.83. The van der Waals surface area contributed by atoms with Crippen molar-refractivity contribution in [3.8, 4) is 0 Å². The molecule has 0 radical (unpaired) electrons. The summed E-state index contributed by atoms with van der Waals surface area (Å²) in [4.78, 5) is 0.0861. The summed E-state index contributed by atoms with van der Waals surface area (Å²) >= 11 is 4.78. The van der Waals surface area contributed by atoms with Crippen molar-refractivity contribution in [3.63, 3.8) is 0 Å². The van der Waals surface area contributed by atoms with E-state index in [1.54, 1.807) is 12.1 Å². The van der Waals surface area contributed by atoms with Crippen LogP contribution in [0.4, 0.5) is 4.39 Å². The average molecular weight is 239 g/mol. The number of hydrogen-bond donors (Lipinski definition) is 1. The SMILES string of the molecule is NC(=S)c1cc(COC2CCC2)ccc1F. The number of hydrogen-bond acceptors (Lipinski definition) is 2. The molecule has 1 aliphatic carbocycles. The lowest BCUT2D eigenvalue weighted by atomic mass is 9.96. The van der Waals surface area contributed by atoms with E-state index in [9.17, 15) is 4.39 Å². The van der Waals surface area contributed by atoms with Gasteiger partial charge in [0.1, 0.15) is 10.8 Å². The topological polar surface area (TPSA) is 35.2 Å². The molecule has 4 heteroatoms. The molecule has 0 saturated heterocycles. The van der Waals surface area contributed by atoms with E-state index in [1.165, 1.54) is 12.5 Å². The summed E-state index contributed by atoms with van der Waals surface area (Å²) in [6.07, 6.45) is 3.87. The van der Waals surface area contributed by atoms with Gasteiger partial charge in [0.05, 0.1) is 12.7 Å². The first-order valence-electron chi connectivity index (χ1n) is 5.36. The highest BCUT2D eigenvalue weighted by Gasteiger charge is 2.17. The van der Waals surface area contributed by atoms with Crippen LogP contribution in [0.2, 0.25) is 0 Å². The van der Waals surface area contributed by atoms with Crippen molar-refractivity contribution < 1.29 is 9.13 Å². The molecule has 0 aliphatic heterocycles. The summed E-state index contributed by atoms with van der Waals surface area (Å²) in [5, 5.41) is 0. The second kappa shape index (κ2) is 4.89. The molecule has 0 unspecified atom stereocenters. The van der Waals surface area contributed by atoms with Crippen molar-refractivity contribution >= 4 is 17.2 Å². The second-order valence-electron chi connectivity index (χ2n) is 4.04. The fourth-order valence-corrected chi connectivity index (χ4v) is 1.76.